The second-order valence-corrected chi connectivity index (χ2v) is 6.59. The monoisotopic (exact) mass is 288 g/mol. The van der Waals surface area contributed by atoms with Gasteiger partial charge in [0.15, 0.2) is 5.89 Å². The molecule has 0 saturated heterocycles. The Balaban J connectivity index is 1.37. The van der Waals surface area contributed by atoms with E-state index in [0.29, 0.717) is 18.7 Å². The maximum absolute atomic E-state index is 12.0. The van der Waals surface area contributed by atoms with Gasteiger partial charge in [-0.3, -0.25) is 4.74 Å². The molecule has 0 spiro atoms. The second kappa shape index (κ2) is 3.57. The van der Waals surface area contributed by atoms with Crippen molar-refractivity contribution in [3.05, 3.63) is 17.8 Å². The summed E-state index contributed by atoms with van der Waals surface area (Å²) in [5.41, 5.74) is 6.06. The molecule has 2 bridgehead atoms. The molecule has 0 aliphatic heterocycles. The number of oxazole rings is 1. The molecule has 1 heterocycles. The van der Waals surface area contributed by atoms with Gasteiger partial charge in [0.1, 0.15) is 5.76 Å². The molecule has 0 aromatic carbocycles. The van der Waals surface area contributed by atoms with E-state index < -0.39 is 12.5 Å². The Labute approximate surface area is 113 Å². The SMILES string of the molecule is NC12CC(c3cnc(C4CC(OC(F)(F)F)C4)o3)(C1)C2. The van der Waals surface area contributed by atoms with Crippen LogP contribution < -0.4 is 5.73 Å². The third-order valence-corrected chi connectivity index (χ3v) is 4.86. The molecule has 1 aromatic rings. The number of halogens is 3. The van der Waals surface area contributed by atoms with Crippen LogP contribution in [0.4, 0.5) is 13.2 Å². The average Bonchev–Trinajstić information content (AvgIpc) is 2.64. The zero-order valence-electron chi connectivity index (χ0n) is 10.7. The molecule has 4 nitrogen and oxygen atoms in total. The molecule has 1 aromatic heterocycles. The van der Waals surface area contributed by atoms with E-state index >= 15 is 0 Å². The lowest BCUT2D eigenvalue weighted by Crippen LogP contribution is -2.74. The summed E-state index contributed by atoms with van der Waals surface area (Å²) in [6.45, 7) is 0. The number of nitrogens with zero attached hydrogens (tertiary/aromatic N) is 1. The summed E-state index contributed by atoms with van der Waals surface area (Å²) in [6.07, 6.45) is -0.194. The van der Waals surface area contributed by atoms with Crippen molar-refractivity contribution in [2.45, 2.75) is 61.4 Å². The predicted octanol–water partition coefficient (Wildman–Crippen LogP) is 2.59. The van der Waals surface area contributed by atoms with E-state index in [9.17, 15) is 13.2 Å². The van der Waals surface area contributed by atoms with Crippen molar-refractivity contribution in [1.29, 1.82) is 0 Å². The highest BCUT2D eigenvalue weighted by Crippen LogP contribution is 2.66. The lowest BCUT2D eigenvalue weighted by molar-refractivity contribution is -0.352. The van der Waals surface area contributed by atoms with Crippen molar-refractivity contribution < 1.29 is 22.3 Å². The number of hydrogen-bond donors (Lipinski definition) is 1. The Bertz CT molecular complexity index is 528. The second-order valence-electron chi connectivity index (χ2n) is 6.59. The highest BCUT2D eigenvalue weighted by molar-refractivity contribution is 5.35. The van der Waals surface area contributed by atoms with E-state index in [1.165, 1.54) is 0 Å². The molecular weight excluding hydrogens is 273 g/mol. The Morgan fingerprint density at radius 3 is 2.50 bits per heavy atom. The first kappa shape index (κ1) is 12.6. The van der Waals surface area contributed by atoms with Crippen LogP contribution in [0.5, 0.6) is 0 Å². The third-order valence-electron chi connectivity index (χ3n) is 4.86. The van der Waals surface area contributed by atoms with Crippen molar-refractivity contribution in [1.82, 2.24) is 4.98 Å². The molecule has 0 radical (unpaired) electrons. The standard InChI is InChI=1S/C13H15F3N2O2/c14-13(15,16)20-8-1-7(2-8)10-18-3-9(19-10)11-4-12(17,5-11)6-11/h3,7-8H,1-2,4-6,17H2. The quantitative estimate of drug-likeness (QED) is 0.928. The number of rotatable bonds is 3. The van der Waals surface area contributed by atoms with Gasteiger partial charge in [0.2, 0.25) is 0 Å². The average molecular weight is 288 g/mol. The van der Waals surface area contributed by atoms with Crippen molar-refractivity contribution in [2.75, 3.05) is 0 Å². The van der Waals surface area contributed by atoms with Crippen LogP contribution in [0.3, 0.4) is 0 Å². The molecule has 4 saturated carbocycles. The Morgan fingerprint density at radius 2 is 1.95 bits per heavy atom. The van der Waals surface area contributed by atoms with Crippen LogP contribution in [0.15, 0.2) is 10.6 Å². The number of hydrogen-bond acceptors (Lipinski definition) is 4. The van der Waals surface area contributed by atoms with Crippen LogP contribution in [0.25, 0.3) is 0 Å². The van der Waals surface area contributed by atoms with E-state index in [2.05, 4.69) is 9.72 Å². The van der Waals surface area contributed by atoms with Gasteiger partial charge in [-0.05, 0) is 32.1 Å². The summed E-state index contributed by atoms with van der Waals surface area (Å²) in [5, 5.41) is 0. The van der Waals surface area contributed by atoms with Crippen LogP contribution in [0.1, 0.15) is 49.7 Å². The first-order chi connectivity index (χ1) is 9.27. The first-order valence-corrected chi connectivity index (χ1v) is 6.77. The molecule has 4 aliphatic carbocycles. The fourth-order valence-electron chi connectivity index (χ4n) is 3.90. The lowest BCUT2D eigenvalue weighted by atomic mass is 9.39. The molecule has 0 amide bonds. The van der Waals surface area contributed by atoms with Gasteiger partial charge in [0.05, 0.1) is 12.3 Å². The van der Waals surface area contributed by atoms with E-state index in [-0.39, 0.29) is 16.9 Å². The molecule has 0 atom stereocenters. The van der Waals surface area contributed by atoms with Gasteiger partial charge in [-0.15, -0.1) is 13.2 Å². The maximum atomic E-state index is 12.0. The van der Waals surface area contributed by atoms with Gasteiger partial charge in [0, 0.05) is 16.9 Å². The van der Waals surface area contributed by atoms with E-state index in [4.69, 9.17) is 10.2 Å². The highest BCUT2D eigenvalue weighted by Gasteiger charge is 2.68. The number of aromatic nitrogens is 1. The summed E-state index contributed by atoms with van der Waals surface area (Å²) >= 11 is 0. The topological polar surface area (TPSA) is 61.3 Å². The zero-order valence-corrected chi connectivity index (χ0v) is 10.7. The molecule has 4 aliphatic rings. The van der Waals surface area contributed by atoms with Crippen molar-refractivity contribution >= 4 is 0 Å². The first-order valence-electron chi connectivity index (χ1n) is 6.77. The van der Waals surface area contributed by atoms with E-state index in [1.54, 1.807) is 6.20 Å². The summed E-state index contributed by atoms with van der Waals surface area (Å²) < 4.78 is 45.8. The van der Waals surface area contributed by atoms with Crippen molar-refractivity contribution in [3.63, 3.8) is 0 Å². The van der Waals surface area contributed by atoms with Gasteiger partial charge in [0.25, 0.3) is 0 Å². The summed E-state index contributed by atoms with van der Waals surface area (Å²) in [7, 11) is 0. The maximum Gasteiger partial charge on any atom is 0.522 e. The van der Waals surface area contributed by atoms with Crippen LogP contribution in [-0.2, 0) is 10.2 Å². The van der Waals surface area contributed by atoms with Crippen molar-refractivity contribution in [3.8, 4) is 0 Å². The van der Waals surface area contributed by atoms with Gasteiger partial charge in [-0.25, -0.2) is 4.98 Å². The normalized spacial score (nSPS) is 42.6. The minimum atomic E-state index is -4.56. The lowest BCUT2D eigenvalue weighted by Gasteiger charge is -2.67. The van der Waals surface area contributed by atoms with Gasteiger partial charge in [-0.2, -0.15) is 0 Å². The number of ether oxygens (including phenoxy) is 1. The Morgan fingerprint density at radius 1 is 1.30 bits per heavy atom. The molecule has 7 heteroatoms. The highest BCUT2D eigenvalue weighted by atomic mass is 19.4. The molecule has 2 N–H and O–H groups in total. The predicted molar refractivity (Wildman–Crippen MR) is 61.9 cm³/mol. The van der Waals surface area contributed by atoms with Gasteiger partial charge in [-0.1, -0.05) is 0 Å². The van der Waals surface area contributed by atoms with E-state index in [1.807, 2.05) is 0 Å². The molecule has 110 valence electrons. The van der Waals surface area contributed by atoms with Crippen LogP contribution >= 0.6 is 0 Å². The minimum absolute atomic E-state index is 0.00489. The van der Waals surface area contributed by atoms with Crippen LogP contribution in [0, 0.1) is 0 Å². The minimum Gasteiger partial charge on any atom is -0.445 e. The van der Waals surface area contributed by atoms with Gasteiger partial charge >= 0.3 is 6.36 Å². The van der Waals surface area contributed by atoms with E-state index in [0.717, 1.165) is 25.0 Å². The molecule has 20 heavy (non-hydrogen) atoms. The van der Waals surface area contributed by atoms with Crippen LogP contribution in [-0.4, -0.2) is 23.0 Å². The van der Waals surface area contributed by atoms with Crippen LogP contribution in [0.2, 0.25) is 0 Å². The van der Waals surface area contributed by atoms with Crippen molar-refractivity contribution in [2.24, 2.45) is 5.73 Å². The summed E-state index contributed by atoms with van der Waals surface area (Å²) in [6, 6.07) is 0. The summed E-state index contributed by atoms with van der Waals surface area (Å²) in [4.78, 5) is 4.22. The fourth-order valence-corrected chi connectivity index (χ4v) is 3.90. The zero-order chi connectivity index (χ0) is 14.2. The van der Waals surface area contributed by atoms with Gasteiger partial charge < -0.3 is 10.2 Å². The summed E-state index contributed by atoms with van der Waals surface area (Å²) in [5.74, 6) is 1.33. The number of alkyl halides is 3. The molecule has 4 fully saturated rings. The molecular formula is C13H15F3N2O2. The Kier molecular flexibility index (Phi) is 2.26. The largest absolute Gasteiger partial charge is 0.522 e. The number of nitrogens with two attached hydrogens (primary N) is 1. The molecule has 5 rings (SSSR count). The third kappa shape index (κ3) is 1.79. The fraction of sp³-hybridized carbons (Fsp3) is 0.769. The smallest absolute Gasteiger partial charge is 0.445 e. The Hall–Kier alpha value is -1.08. The molecule has 0 unspecified atom stereocenters.